The topological polar surface area (TPSA) is 113 Å². The zero-order valence-electron chi connectivity index (χ0n) is 13.9. The minimum Gasteiger partial charge on any atom is -0.398 e. The van der Waals surface area contributed by atoms with Crippen molar-refractivity contribution in [1.29, 1.82) is 0 Å². The second kappa shape index (κ2) is 7.24. The van der Waals surface area contributed by atoms with E-state index in [1.54, 1.807) is 0 Å². The first-order chi connectivity index (χ1) is 10.9. The van der Waals surface area contributed by atoms with Crippen molar-refractivity contribution in [2.24, 2.45) is 0 Å². The van der Waals surface area contributed by atoms with Gasteiger partial charge in [0.2, 0.25) is 0 Å². The lowest BCUT2D eigenvalue weighted by atomic mass is 10.0. The van der Waals surface area contributed by atoms with Gasteiger partial charge in [0.15, 0.2) is 0 Å². The highest BCUT2D eigenvalue weighted by molar-refractivity contribution is 5.61. The van der Waals surface area contributed by atoms with Crippen LogP contribution in [-0.2, 0) is 17.6 Å². The van der Waals surface area contributed by atoms with Gasteiger partial charge >= 0.3 is 0 Å². The van der Waals surface area contributed by atoms with E-state index in [1.165, 1.54) is 0 Å². The van der Waals surface area contributed by atoms with Gasteiger partial charge in [0.05, 0.1) is 13.2 Å². The summed E-state index contributed by atoms with van der Waals surface area (Å²) in [5, 5.41) is 0. The second-order valence-corrected chi connectivity index (χ2v) is 5.93. The molecule has 2 rings (SSSR count). The Morgan fingerprint density at radius 3 is 1.43 bits per heavy atom. The summed E-state index contributed by atoms with van der Waals surface area (Å²) in [6.45, 7) is 5.18. The van der Waals surface area contributed by atoms with E-state index >= 15 is 0 Å². The van der Waals surface area contributed by atoms with E-state index in [4.69, 9.17) is 27.7 Å². The number of benzene rings is 2. The van der Waals surface area contributed by atoms with Gasteiger partial charge in [-0.05, 0) is 61.1 Å². The van der Waals surface area contributed by atoms with Crippen molar-refractivity contribution in [2.45, 2.75) is 26.7 Å². The summed E-state index contributed by atoms with van der Waals surface area (Å²) >= 11 is 0. The highest BCUT2D eigenvalue weighted by atomic mass is 16.5. The quantitative estimate of drug-likeness (QED) is 0.483. The van der Waals surface area contributed by atoms with Gasteiger partial charge in [-0.3, -0.25) is 0 Å². The molecule has 0 saturated carbocycles. The average Bonchev–Trinajstić information content (AvgIpc) is 2.49. The van der Waals surface area contributed by atoms with E-state index in [-0.39, 0.29) is 0 Å². The van der Waals surface area contributed by atoms with Crippen LogP contribution in [0.4, 0.5) is 22.7 Å². The number of aryl methyl sites for hydroxylation is 2. The molecule has 0 fully saturated rings. The van der Waals surface area contributed by atoms with Gasteiger partial charge in [-0.2, -0.15) is 0 Å². The fourth-order valence-electron chi connectivity index (χ4n) is 2.50. The molecule has 0 amide bonds. The van der Waals surface area contributed by atoms with Crippen molar-refractivity contribution in [2.75, 3.05) is 36.1 Å². The maximum Gasteiger partial charge on any atom is 0.0507 e. The van der Waals surface area contributed by atoms with E-state index < -0.39 is 0 Å². The lowest BCUT2D eigenvalue weighted by Crippen LogP contribution is -2.07. The number of rotatable bonds is 6. The first-order valence-electron chi connectivity index (χ1n) is 7.75. The van der Waals surface area contributed by atoms with Gasteiger partial charge in [-0.25, -0.2) is 0 Å². The van der Waals surface area contributed by atoms with Gasteiger partial charge in [0.1, 0.15) is 0 Å². The third-order valence-corrected chi connectivity index (χ3v) is 4.09. The summed E-state index contributed by atoms with van der Waals surface area (Å²) in [6.07, 6.45) is 1.53. The largest absolute Gasteiger partial charge is 0.398 e. The van der Waals surface area contributed by atoms with Crippen molar-refractivity contribution in [3.63, 3.8) is 0 Å². The molecule has 0 aromatic heterocycles. The van der Waals surface area contributed by atoms with Crippen LogP contribution in [0.25, 0.3) is 0 Å². The summed E-state index contributed by atoms with van der Waals surface area (Å²) in [4.78, 5) is 0. The van der Waals surface area contributed by atoms with Crippen molar-refractivity contribution in [1.82, 2.24) is 0 Å². The van der Waals surface area contributed by atoms with Crippen LogP contribution in [0.2, 0.25) is 0 Å². The Morgan fingerprint density at radius 2 is 1.04 bits per heavy atom. The van der Waals surface area contributed by atoms with Crippen LogP contribution in [0.3, 0.4) is 0 Å². The summed E-state index contributed by atoms with van der Waals surface area (Å²) in [5.74, 6) is 0. The smallest absolute Gasteiger partial charge is 0.0507 e. The first-order valence-corrected chi connectivity index (χ1v) is 7.75. The minimum atomic E-state index is 0.613. The lowest BCUT2D eigenvalue weighted by Gasteiger charge is -2.11. The molecule has 0 unspecified atom stereocenters. The number of hydrogen-bond acceptors (Lipinski definition) is 5. The Hall–Kier alpha value is -2.40. The minimum absolute atomic E-state index is 0.613. The standard InChI is InChI=1S/C18H26N4O/c1-11-7-13(17(21)9-15(11)19)3-5-23-6-4-14-8-12(2)16(20)10-18(14)22/h7-10H,3-6,19-22H2,1-2H3. The average molecular weight is 314 g/mol. The molecule has 2 aromatic carbocycles. The number of nitrogen functional groups attached to an aromatic ring is 4. The summed E-state index contributed by atoms with van der Waals surface area (Å²) in [5.41, 5.74) is 30.7. The van der Waals surface area contributed by atoms with Crippen molar-refractivity contribution < 1.29 is 4.74 Å². The Morgan fingerprint density at radius 1 is 0.652 bits per heavy atom. The fourth-order valence-corrected chi connectivity index (χ4v) is 2.50. The molecule has 0 saturated heterocycles. The van der Waals surface area contributed by atoms with Gasteiger partial charge in [0.25, 0.3) is 0 Å². The third kappa shape index (κ3) is 4.29. The number of anilines is 4. The predicted octanol–water partition coefficient (Wildman–Crippen LogP) is 2.43. The molecule has 0 heterocycles. The van der Waals surface area contributed by atoms with Crippen molar-refractivity contribution in [3.05, 3.63) is 46.5 Å². The number of nitrogens with two attached hydrogens (primary N) is 4. The van der Waals surface area contributed by atoms with Crippen molar-refractivity contribution >= 4 is 22.7 Å². The molecule has 0 aliphatic heterocycles. The summed E-state index contributed by atoms with van der Waals surface area (Å²) in [6, 6.07) is 7.66. The van der Waals surface area contributed by atoms with Crippen LogP contribution in [0, 0.1) is 13.8 Å². The van der Waals surface area contributed by atoms with Crippen LogP contribution in [0.15, 0.2) is 24.3 Å². The zero-order valence-corrected chi connectivity index (χ0v) is 13.9. The molecule has 23 heavy (non-hydrogen) atoms. The molecule has 0 bridgehead atoms. The predicted molar refractivity (Wildman–Crippen MR) is 98.2 cm³/mol. The molecule has 0 atom stereocenters. The molecular weight excluding hydrogens is 288 g/mol. The molecular formula is C18H26N4O. The molecule has 124 valence electrons. The van der Waals surface area contributed by atoms with Crippen molar-refractivity contribution in [3.8, 4) is 0 Å². The normalized spacial score (nSPS) is 10.9. The zero-order chi connectivity index (χ0) is 17.0. The molecule has 5 heteroatoms. The number of hydrogen-bond donors (Lipinski definition) is 4. The van der Waals surface area contributed by atoms with Crippen LogP contribution >= 0.6 is 0 Å². The van der Waals surface area contributed by atoms with Gasteiger partial charge < -0.3 is 27.7 Å². The summed E-state index contributed by atoms with van der Waals surface area (Å²) in [7, 11) is 0. The third-order valence-electron chi connectivity index (χ3n) is 4.09. The molecule has 0 spiro atoms. The Balaban J connectivity index is 1.83. The van der Waals surface area contributed by atoms with E-state index in [0.717, 1.165) is 57.8 Å². The number of ether oxygens (including phenoxy) is 1. The fraction of sp³-hybridized carbons (Fsp3) is 0.333. The monoisotopic (exact) mass is 314 g/mol. The molecule has 0 aliphatic carbocycles. The Bertz CT molecular complexity index is 638. The molecule has 2 aromatic rings. The highest BCUT2D eigenvalue weighted by Gasteiger charge is 2.05. The lowest BCUT2D eigenvalue weighted by molar-refractivity contribution is 0.140. The molecule has 0 aliphatic rings. The molecule has 8 N–H and O–H groups in total. The van der Waals surface area contributed by atoms with Gasteiger partial charge in [-0.15, -0.1) is 0 Å². The highest BCUT2D eigenvalue weighted by Crippen LogP contribution is 2.22. The Kier molecular flexibility index (Phi) is 5.34. The van der Waals surface area contributed by atoms with Crippen LogP contribution in [-0.4, -0.2) is 13.2 Å². The maximum absolute atomic E-state index is 5.98. The second-order valence-electron chi connectivity index (χ2n) is 5.93. The van der Waals surface area contributed by atoms with E-state index in [1.807, 2.05) is 38.1 Å². The van der Waals surface area contributed by atoms with E-state index in [0.29, 0.717) is 13.2 Å². The van der Waals surface area contributed by atoms with E-state index in [2.05, 4.69) is 0 Å². The van der Waals surface area contributed by atoms with Crippen LogP contribution < -0.4 is 22.9 Å². The van der Waals surface area contributed by atoms with E-state index in [9.17, 15) is 0 Å². The van der Waals surface area contributed by atoms with Gasteiger partial charge in [0, 0.05) is 22.7 Å². The van der Waals surface area contributed by atoms with Gasteiger partial charge in [-0.1, -0.05) is 12.1 Å². The maximum atomic E-state index is 5.98. The summed E-state index contributed by atoms with van der Waals surface area (Å²) < 4.78 is 5.72. The molecule has 0 radical (unpaired) electrons. The van der Waals surface area contributed by atoms with Crippen LogP contribution in [0.5, 0.6) is 0 Å². The van der Waals surface area contributed by atoms with Crippen LogP contribution in [0.1, 0.15) is 22.3 Å². The first kappa shape index (κ1) is 17.0. The SMILES string of the molecule is Cc1cc(CCOCCc2cc(C)c(N)cc2N)c(N)cc1N. The Labute approximate surface area is 137 Å². The molecule has 5 nitrogen and oxygen atoms in total.